The Bertz CT molecular complexity index is 3520. The molecule has 0 radical (unpaired) electrons. The van der Waals surface area contributed by atoms with Crippen molar-refractivity contribution in [2.45, 2.75) is 0 Å². The van der Waals surface area contributed by atoms with Crippen LogP contribution in [0.5, 0.6) is 23.0 Å². The van der Waals surface area contributed by atoms with Crippen LogP contribution in [0.3, 0.4) is 0 Å². The van der Waals surface area contributed by atoms with Crippen LogP contribution in [-0.2, 0) is 0 Å². The SMILES string of the molecule is c1ccc(N2c3cccc4c3[SiH]3c5c2cccc5N(c2ccccc2)c2cc5cc6c7c(c5c(c23)O4)Oc2cccc3c2[SiH]7c2c(cccc2N6c2ccccc2)N3c2ccccc2)cc1. The van der Waals surface area contributed by atoms with Crippen LogP contribution < -0.4 is 60.2 Å². The van der Waals surface area contributed by atoms with Crippen LogP contribution in [0.2, 0.25) is 0 Å². The van der Waals surface area contributed by atoms with Gasteiger partial charge in [0.05, 0.1) is 16.8 Å². The van der Waals surface area contributed by atoms with Crippen LogP contribution in [0.25, 0.3) is 10.8 Å². The predicted octanol–water partition coefficient (Wildman–Crippen LogP) is 10.7. The van der Waals surface area contributed by atoms with Crippen LogP contribution >= 0.6 is 0 Å². The van der Waals surface area contributed by atoms with Crippen molar-refractivity contribution in [3.8, 4) is 23.0 Å². The third-order valence-electron chi connectivity index (χ3n) is 14.7. The van der Waals surface area contributed by atoms with E-state index < -0.39 is 17.6 Å². The van der Waals surface area contributed by atoms with Crippen molar-refractivity contribution in [1.29, 1.82) is 0 Å². The zero-order chi connectivity index (χ0) is 42.8. The minimum absolute atomic E-state index is 0.942. The molecule has 2 unspecified atom stereocenters. The molecule has 0 N–H and O–H groups in total. The zero-order valence-corrected chi connectivity index (χ0v) is 37.7. The fourth-order valence-electron chi connectivity index (χ4n) is 12.3. The van der Waals surface area contributed by atoms with Crippen LogP contribution in [0.4, 0.5) is 68.2 Å². The number of fused-ring (bicyclic) bond motifs is 3. The molecule has 0 bridgehead atoms. The fraction of sp³-hybridized carbons (Fsp3) is 0. The summed E-state index contributed by atoms with van der Waals surface area (Å²) in [5, 5.41) is 10.3. The Morgan fingerprint density at radius 1 is 0.273 bits per heavy atom. The molecule has 0 aliphatic carbocycles. The van der Waals surface area contributed by atoms with Gasteiger partial charge in [0, 0.05) is 77.6 Å². The van der Waals surface area contributed by atoms with Gasteiger partial charge in [-0.3, -0.25) is 0 Å². The Kier molecular flexibility index (Phi) is 6.75. The summed E-state index contributed by atoms with van der Waals surface area (Å²) in [4.78, 5) is 9.93. The smallest absolute Gasteiger partial charge is 0.153 e. The Balaban J connectivity index is 1.04. The summed E-state index contributed by atoms with van der Waals surface area (Å²) in [6.45, 7) is 0. The minimum atomic E-state index is -2.21. The molecule has 2 atom stereocenters. The first-order valence-corrected chi connectivity index (χ1v) is 26.2. The lowest BCUT2D eigenvalue weighted by Crippen LogP contribution is -2.64. The largest absolute Gasteiger partial charge is 0.457 e. The molecule has 6 aliphatic heterocycles. The molecular weight excluding hydrogens is 841 g/mol. The quantitative estimate of drug-likeness (QED) is 0.164. The molecule has 0 fully saturated rings. The number of anilines is 12. The average Bonchev–Trinajstić information content (AvgIpc) is 3.37. The molecule has 0 saturated heterocycles. The third kappa shape index (κ3) is 4.35. The first-order valence-electron chi connectivity index (χ1n) is 22.8. The maximum absolute atomic E-state index is 7.60. The molecule has 66 heavy (non-hydrogen) atoms. The molecule has 0 spiro atoms. The zero-order valence-electron chi connectivity index (χ0n) is 35.4. The van der Waals surface area contributed by atoms with Gasteiger partial charge in [-0.25, -0.2) is 0 Å². The number of ether oxygens (including phenoxy) is 2. The van der Waals surface area contributed by atoms with E-state index in [-0.39, 0.29) is 0 Å². The first kappa shape index (κ1) is 35.1. The lowest BCUT2D eigenvalue weighted by atomic mass is 10.0. The van der Waals surface area contributed by atoms with E-state index in [0.29, 0.717) is 0 Å². The van der Waals surface area contributed by atoms with Gasteiger partial charge >= 0.3 is 0 Å². The number of hydrogen-bond acceptors (Lipinski definition) is 6. The highest BCUT2D eigenvalue weighted by molar-refractivity contribution is 7.03. The second kappa shape index (κ2) is 12.7. The van der Waals surface area contributed by atoms with Crippen LogP contribution in [0.1, 0.15) is 0 Å². The second-order valence-corrected chi connectivity index (χ2v) is 23.1. The van der Waals surface area contributed by atoms with E-state index in [2.05, 4.69) is 226 Å². The highest BCUT2D eigenvalue weighted by atomic mass is 28.3. The summed E-state index contributed by atoms with van der Waals surface area (Å²) in [5.74, 6) is 3.77. The molecule has 10 aromatic carbocycles. The van der Waals surface area contributed by atoms with E-state index in [4.69, 9.17) is 9.47 Å². The number of nitrogens with zero attached hydrogens (tertiary/aromatic N) is 4. The molecular formula is C58H36N4O2Si2. The Labute approximate surface area is 384 Å². The lowest BCUT2D eigenvalue weighted by molar-refractivity contribution is 0.477. The maximum atomic E-state index is 7.60. The van der Waals surface area contributed by atoms with Gasteiger partial charge in [0.15, 0.2) is 17.6 Å². The predicted molar refractivity (Wildman–Crippen MR) is 275 cm³/mol. The van der Waals surface area contributed by atoms with Crippen LogP contribution in [-0.4, -0.2) is 17.6 Å². The van der Waals surface area contributed by atoms with E-state index in [0.717, 1.165) is 56.5 Å². The third-order valence-corrected chi connectivity index (χ3v) is 21.6. The van der Waals surface area contributed by atoms with E-state index >= 15 is 0 Å². The summed E-state index contributed by atoms with van der Waals surface area (Å²) < 4.78 is 15.2. The maximum Gasteiger partial charge on any atom is 0.153 e. The number of rotatable bonds is 4. The summed E-state index contributed by atoms with van der Waals surface area (Å²) >= 11 is 0. The summed E-state index contributed by atoms with van der Waals surface area (Å²) in [6.07, 6.45) is 0. The Morgan fingerprint density at radius 3 is 0.924 bits per heavy atom. The standard InChI is InChI=1S/C58H36N4O2Si2/c1-5-17-36(18-6-1)59-40-25-13-27-42-53(40)65-55-44(59)29-15-31-48(55)63-51-50-35(33-46(57(51)65)61(42)38-21-9-3-10-22-38)34-47-58-52(50)64-49-32-16-30-45-56(49)66(58)54-41(60(45)37-19-7-2-8-20-37)26-14-28-43(54)62(47)39-23-11-4-12-24-39/h1-34,65-66H. The topological polar surface area (TPSA) is 31.4 Å². The summed E-state index contributed by atoms with van der Waals surface area (Å²) in [5.41, 5.74) is 14.2. The highest BCUT2D eigenvalue weighted by Gasteiger charge is 2.51. The minimum Gasteiger partial charge on any atom is -0.457 e. The van der Waals surface area contributed by atoms with Crippen molar-refractivity contribution in [2.75, 3.05) is 19.6 Å². The highest BCUT2D eigenvalue weighted by Crippen LogP contribution is 2.55. The molecule has 0 saturated carbocycles. The summed E-state index contributed by atoms with van der Waals surface area (Å²) in [6, 6.07) is 75.5. The molecule has 16 rings (SSSR count). The molecule has 6 heterocycles. The Hall–Kier alpha value is -8.31. The molecule has 6 aliphatic rings. The van der Waals surface area contributed by atoms with E-state index in [1.807, 2.05) is 0 Å². The monoisotopic (exact) mass is 876 g/mol. The van der Waals surface area contributed by atoms with Gasteiger partial charge in [0.25, 0.3) is 0 Å². The number of hydrogen-bond donors (Lipinski definition) is 0. The average molecular weight is 877 g/mol. The molecule has 0 aromatic heterocycles. The second-order valence-electron chi connectivity index (χ2n) is 17.9. The fourth-order valence-corrected chi connectivity index (χ4v) is 20.0. The molecule has 308 valence electrons. The van der Waals surface area contributed by atoms with Gasteiger partial charge in [0.2, 0.25) is 0 Å². The molecule has 10 aromatic rings. The van der Waals surface area contributed by atoms with Gasteiger partial charge in [-0.15, -0.1) is 0 Å². The lowest BCUT2D eigenvalue weighted by Gasteiger charge is -2.48. The van der Waals surface area contributed by atoms with Crippen LogP contribution in [0, 0.1) is 0 Å². The molecule has 6 nitrogen and oxygen atoms in total. The van der Waals surface area contributed by atoms with Gasteiger partial charge < -0.3 is 29.1 Å². The van der Waals surface area contributed by atoms with Gasteiger partial charge in [-0.2, -0.15) is 0 Å². The molecule has 8 heteroatoms. The molecule has 0 amide bonds. The Morgan fingerprint density at radius 2 is 0.576 bits per heavy atom. The van der Waals surface area contributed by atoms with E-state index in [1.165, 1.54) is 76.6 Å². The van der Waals surface area contributed by atoms with Crippen molar-refractivity contribution < 1.29 is 9.47 Å². The van der Waals surface area contributed by atoms with Gasteiger partial charge in [0.1, 0.15) is 23.0 Å². The number of para-hydroxylation sites is 4. The van der Waals surface area contributed by atoms with E-state index in [9.17, 15) is 0 Å². The normalized spacial score (nSPS) is 16.6. The van der Waals surface area contributed by atoms with Crippen LogP contribution in [0.15, 0.2) is 206 Å². The van der Waals surface area contributed by atoms with Crippen molar-refractivity contribution >= 4 is 128 Å². The van der Waals surface area contributed by atoms with Crippen molar-refractivity contribution in [3.63, 3.8) is 0 Å². The van der Waals surface area contributed by atoms with Crippen molar-refractivity contribution in [3.05, 3.63) is 206 Å². The van der Waals surface area contributed by atoms with Gasteiger partial charge in [-0.1, -0.05) is 97.1 Å². The van der Waals surface area contributed by atoms with Crippen molar-refractivity contribution in [2.24, 2.45) is 0 Å². The first-order chi connectivity index (χ1) is 32.8. The van der Waals surface area contributed by atoms with Crippen molar-refractivity contribution in [1.82, 2.24) is 0 Å². The van der Waals surface area contributed by atoms with Gasteiger partial charge in [-0.05, 0) is 125 Å². The number of benzene rings is 10. The summed E-state index contributed by atoms with van der Waals surface area (Å²) in [7, 11) is -4.42. The van der Waals surface area contributed by atoms with E-state index in [1.54, 1.807) is 0 Å².